The quantitative estimate of drug-likeness (QED) is 0.317. The number of fused-ring (bicyclic) bond motifs is 1. The predicted octanol–water partition coefficient (Wildman–Crippen LogP) is 5.93. The summed E-state index contributed by atoms with van der Waals surface area (Å²) < 4.78 is 45.2. The van der Waals surface area contributed by atoms with Crippen molar-refractivity contribution in [1.82, 2.24) is 10.3 Å². The van der Waals surface area contributed by atoms with Crippen LogP contribution in [-0.2, 0) is 17.5 Å². The first-order chi connectivity index (χ1) is 18.2. The van der Waals surface area contributed by atoms with E-state index < -0.39 is 11.7 Å². The van der Waals surface area contributed by atoms with Crippen molar-refractivity contribution in [3.8, 4) is 5.75 Å². The van der Waals surface area contributed by atoms with Crippen molar-refractivity contribution in [2.45, 2.75) is 25.1 Å². The number of nitrogens with one attached hydrogen (secondary N) is 2. The van der Waals surface area contributed by atoms with Crippen molar-refractivity contribution in [2.75, 3.05) is 12.4 Å². The van der Waals surface area contributed by atoms with Gasteiger partial charge in [0.1, 0.15) is 5.75 Å². The Balaban J connectivity index is 1.18. The van der Waals surface area contributed by atoms with Crippen LogP contribution in [0.3, 0.4) is 0 Å². The SMILES string of the molecule is COc1ccc(CNC(=O)c2ccc(C3C[C@H]3C(=O)Nc3ccc4cncc(C(F)(F)F)c4c3)cc2)cc1. The second kappa shape index (κ2) is 10.2. The second-order valence-electron chi connectivity index (χ2n) is 9.21. The molecule has 2 N–H and O–H groups in total. The third kappa shape index (κ3) is 5.46. The van der Waals surface area contributed by atoms with Gasteiger partial charge in [0.2, 0.25) is 5.91 Å². The van der Waals surface area contributed by atoms with Gasteiger partial charge in [-0.15, -0.1) is 0 Å². The molecule has 1 aromatic heterocycles. The van der Waals surface area contributed by atoms with Crippen molar-refractivity contribution in [3.05, 3.63) is 101 Å². The number of benzene rings is 3. The number of pyridine rings is 1. The molecule has 6 nitrogen and oxygen atoms in total. The Hall–Kier alpha value is -4.40. The lowest BCUT2D eigenvalue weighted by atomic mass is 10.1. The fourth-order valence-electron chi connectivity index (χ4n) is 4.47. The van der Waals surface area contributed by atoms with E-state index in [4.69, 9.17) is 4.74 Å². The fraction of sp³-hybridized carbons (Fsp3) is 0.207. The number of carbonyl (C=O) groups is 2. The molecule has 0 aliphatic heterocycles. The molecule has 0 saturated heterocycles. The molecule has 1 aliphatic rings. The number of hydrogen-bond donors (Lipinski definition) is 2. The smallest absolute Gasteiger partial charge is 0.418 e. The lowest BCUT2D eigenvalue weighted by Gasteiger charge is -2.12. The average Bonchev–Trinajstić information content (AvgIpc) is 3.72. The summed E-state index contributed by atoms with van der Waals surface area (Å²) >= 11 is 0. The van der Waals surface area contributed by atoms with Gasteiger partial charge in [-0.25, -0.2) is 0 Å². The van der Waals surface area contributed by atoms with Crippen LogP contribution in [0, 0.1) is 5.92 Å². The van der Waals surface area contributed by atoms with E-state index in [1.807, 2.05) is 36.4 Å². The van der Waals surface area contributed by atoms with Crippen molar-refractivity contribution in [1.29, 1.82) is 0 Å². The van der Waals surface area contributed by atoms with Gasteiger partial charge >= 0.3 is 6.18 Å². The molecule has 194 valence electrons. The van der Waals surface area contributed by atoms with Crippen molar-refractivity contribution < 1.29 is 27.5 Å². The Kier molecular flexibility index (Phi) is 6.75. The van der Waals surface area contributed by atoms with Gasteiger partial charge in [0.25, 0.3) is 5.91 Å². The van der Waals surface area contributed by atoms with Crippen LogP contribution in [0.25, 0.3) is 10.8 Å². The maximum absolute atomic E-state index is 13.4. The van der Waals surface area contributed by atoms with Crippen LogP contribution in [0.1, 0.15) is 39.4 Å². The maximum atomic E-state index is 13.4. The largest absolute Gasteiger partial charge is 0.497 e. The van der Waals surface area contributed by atoms with Gasteiger partial charge in [0, 0.05) is 41.5 Å². The fourth-order valence-corrected chi connectivity index (χ4v) is 4.47. The molecule has 1 fully saturated rings. The van der Waals surface area contributed by atoms with Crippen LogP contribution < -0.4 is 15.4 Å². The number of anilines is 1. The van der Waals surface area contributed by atoms with Gasteiger partial charge in [-0.05, 0) is 65.3 Å². The monoisotopic (exact) mass is 519 g/mol. The average molecular weight is 520 g/mol. The van der Waals surface area contributed by atoms with Crippen LogP contribution in [0.5, 0.6) is 5.75 Å². The number of halogens is 3. The highest BCUT2D eigenvalue weighted by molar-refractivity contribution is 5.98. The van der Waals surface area contributed by atoms with Gasteiger partial charge in [0.05, 0.1) is 12.7 Å². The Morgan fingerprint density at radius 2 is 1.74 bits per heavy atom. The molecule has 0 spiro atoms. The molecule has 1 unspecified atom stereocenters. The lowest BCUT2D eigenvalue weighted by molar-refractivity contribution is -0.136. The second-order valence-corrected chi connectivity index (χ2v) is 9.21. The van der Waals surface area contributed by atoms with E-state index in [2.05, 4.69) is 15.6 Å². The number of nitrogens with zero attached hydrogens (tertiary/aromatic N) is 1. The number of alkyl halides is 3. The molecule has 0 radical (unpaired) electrons. The van der Waals surface area contributed by atoms with Gasteiger partial charge in [-0.1, -0.05) is 30.3 Å². The van der Waals surface area contributed by atoms with E-state index in [-0.39, 0.29) is 29.0 Å². The van der Waals surface area contributed by atoms with E-state index in [0.29, 0.717) is 29.6 Å². The maximum Gasteiger partial charge on any atom is 0.418 e. The Morgan fingerprint density at radius 3 is 2.42 bits per heavy atom. The summed E-state index contributed by atoms with van der Waals surface area (Å²) in [5.74, 6) is -0.0182. The summed E-state index contributed by atoms with van der Waals surface area (Å²) in [6.07, 6.45) is -1.78. The van der Waals surface area contributed by atoms with E-state index in [1.54, 1.807) is 25.3 Å². The summed E-state index contributed by atoms with van der Waals surface area (Å²) in [5.41, 5.74) is 1.84. The minimum Gasteiger partial charge on any atom is -0.497 e. The van der Waals surface area contributed by atoms with E-state index >= 15 is 0 Å². The molecular formula is C29H24F3N3O3. The molecule has 1 saturated carbocycles. The number of carbonyl (C=O) groups excluding carboxylic acids is 2. The van der Waals surface area contributed by atoms with Gasteiger partial charge in [-0.3, -0.25) is 14.6 Å². The summed E-state index contributed by atoms with van der Waals surface area (Å²) in [6, 6.07) is 18.9. The number of hydrogen-bond acceptors (Lipinski definition) is 4. The summed E-state index contributed by atoms with van der Waals surface area (Å²) in [6.45, 7) is 0.380. The third-order valence-corrected chi connectivity index (χ3v) is 6.67. The zero-order valence-electron chi connectivity index (χ0n) is 20.4. The summed E-state index contributed by atoms with van der Waals surface area (Å²) in [4.78, 5) is 29.0. The topological polar surface area (TPSA) is 80.3 Å². The molecule has 4 aromatic rings. The molecule has 3 aromatic carbocycles. The predicted molar refractivity (Wildman–Crippen MR) is 137 cm³/mol. The Morgan fingerprint density at radius 1 is 1.00 bits per heavy atom. The molecule has 0 bridgehead atoms. The Bertz CT molecular complexity index is 1490. The van der Waals surface area contributed by atoms with Crippen LogP contribution in [0.15, 0.2) is 79.1 Å². The molecule has 2 atom stereocenters. The standard InChI is InChI=1S/C29H24F3N3O3/c1-38-22-10-2-17(3-11-22)14-34-27(36)19-6-4-18(5-7-19)23-13-25(23)28(37)35-21-9-8-20-15-33-16-26(24(20)12-21)29(30,31)32/h2-12,15-16,23,25H,13-14H2,1H3,(H,34,36)(H,35,37)/t23?,25-/m1/s1. The zero-order valence-corrected chi connectivity index (χ0v) is 20.4. The molecule has 38 heavy (non-hydrogen) atoms. The Labute approximate surface area is 216 Å². The highest BCUT2D eigenvalue weighted by Crippen LogP contribution is 2.48. The van der Waals surface area contributed by atoms with Crippen molar-refractivity contribution >= 4 is 28.3 Å². The van der Waals surface area contributed by atoms with Crippen LogP contribution in [0.2, 0.25) is 0 Å². The van der Waals surface area contributed by atoms with Gasteiger partial charge < -0.3 is 15.4 Å². The number of rotatable bonds is 7. The summed E-state index contributed by atoms with van der Waals surface area (Å²) in [7, 11) is 1.59. The van der Waals surface area contributed by atoms with E-state index in [9.17, 15) is 22.8 Å². The first-order valence-corrected chi connectivity index (χ1v) is 12.0. The van der Waals surface area contributed by atoms with Crippen LogP contribution in [-0.4, -0.2) is 23.9 Å². The molecule has 1 aliphatic carbocycles. The van der Waals surface area contributed by atoms with Crippen molar-refractivity contribution in [3.63, 3.8) is 0 Å². The zero-order chi connectivity index (χ0) is 26.9. The van der Waals surface area contributed by atoms with Crippen molar-refractivity contribution in [2.24, 2.45) is 5.92 Å². The number of methoxy groups -OCH3 is 1. The molecule has 1 heterocycles. The molecule has 5 rings (SSSR count). The highest BCUT2D eigenvalue weighted by atomic mass is 19.4. The third-order valence-electron chi connectivity index (χ3n) is 6.67. The first kappa shape index (κ1) is 25.3. The minimum absolute atomic E-state index is 0.0122. The summed E-state index contributed by atoms with van der Waals surface area (Å²) in [5, 5.41) is 5.95. The molecule has 9 heteroatoms. The van der Waals surface area contributed by atoms with E-state index in [0.717, 1.165) is 23.1 Å². The van der Waals surface area contributed by atoms with Crippen LogP contribution >= 0.6 is 0 Å². The number of ether oxygens (including phenoxy) is 1. The van der Waals surface area contributed by atoms with Gasteiger partial charge in [0.15, 0.2) is 0 Å². The minimum atomic E-state index is -4.55. The molecular weight excluding hydrogens is 495 g/mol. The normalized spacial score (nSPS) is 16.6. The molecule has 2 amide bonds. The highest BCUT2D eigenvalue weighted by Gasteiger charge is 2.44. The number of aromatic nitrogens is 1. The van der Waals surface area contributed by atoms with Crippen LogP contribution in [0.4, 0.5) is 18.9 Å². The van der Waals surface area contributed by atoms with E-state index in [1.165, 1.54) is 18.3 Å². The lowest BCUT2D eigenvalue weighted by Crippen LogP contribution is -2.22. The first-order valence-electron chi connectivity index (χ1n) is 12.0. The van der Waals surface area contributed by atoms with Gasteiger partial charge in [-0.2, -0.15) is 13.2 Å². The number of amides is 2.